The van der Waals surface area contributed by atoms with Crippen LogP contribution in [0.15, 0.2) is 4.99 Å². The van der Waals surface area contributed by atoms with E-state index in [2.05, 4.69) is 15.0 Å². The molecule has 0 unspecified atom stereocenters. The van der Waals surface area contributed by atoms with Crippen LogP contribution >= 0.6 is 0 Å². The monoisotopic (exact) mass is 286 g/mol. The SMILES string of the molecule is CC[C@H](NC(=O)OC(C)(C)C)C1=N[C@H](C(=O)OC)CO1. The van der Waals surface area contributed by atoms with Crippen molar-refractivity contribution in [2.75, 3.05) is 13.7 Å². The summed E-state index contributed by atoms with van der Waals surface area (Å²) in [6, 6.07) is -1.08. The number of esters is 1. The van der Waals surface area contributed by atoms with E-state index in [1.54, 1.807) is 20.8 Å². The van der Waals surface area contributed by atoms with Crippen LogP contribution in [-0.2, 0) is 19.0 Å². The number of amides is 1. The lowest BCUT2D eigenvalue weighted by molar-refractivity contribution is -0.142. The maximum atomic E-state index is 11.7. The van der Waals surface area contributed by atoms with Crippen molar-refractivity contribution in [1.29, 1.82) is 0 Å². The molecule has 0 bridgehead atoms. The Bertz CT molecular complexity index is 400. The van der Waals surface area contributed by atoms with Gasteiger partial charge >= 0.3 is 12.1 Å². The van der Waals surface area contributed by atoms with E-state index in [0.29, 0.717) is 12.3 Å². The highest BCUT2D eigenvalue weighted by Gasteiger charge is 2.31. The largest absolute Gasteiger partial charge is 0.477 e. The first-order valence-electron chi connectivity index (χ1n) is 6.54. The molecular formula is C13H22N2O5. The van der Waals surface area contributed by atoms with Gasteiger partial charge in [0.05, 0.1) is 7.11 Å². The molecule has 0 spiro atoms. The van der Waals surface area contributed by atoms with Gasteiger partial charge in [-0.05, 0) is 27.2 Å². The van der Waals surface area contributed by atoms with E-state index in [9.17, 15) is 9.59 Å². The topological polar surface area (TPSA) is 86.2 Å². The molecule has 2 atom stereocenters. The van der Waals surface area contributed by atoms with Crippen molar-refractivity contribution in [3.8, 4) is 0 Å². The minimum Gasteiger partial charge on any atom is -0.477 e. The van der Waals surface area contributed by atoms with Crippen LogP contribution in [0.1, 0.15) is 34.1 Å². The van der Waals surface area contributed by atoms with Crippen molar-refractivity contribution in [2.45, 2.75) is 51.8 Å². The van der Waals surface area contributed by atoms with E-state index in [1.807, 2.05) is 6.92 Å². The Morgan fingerprint density at radius 2 is 2.15 bits per heavy atom. The summed E-state index contributed by atoms with van der Waals surface area (Å²) in [5, 5.41) is 2.67. The number of nitrogens with zero attached hydrogens (tertiary/aromatic N) is 1. The molecule has 1 N–H and O–H groups in total. The summed E-state index contributed by atoms with van der Waals surface area (Å²) < 4.78 is 15.1. The van der Waals surface area contributed by atoms with Crippen molar-refractivity contribution < 1.29 is 23.8 Å². The van der Waals surface area contributed by atoms with Crippen molar-refractivity contribution in [1.82, 2.24) is 5.32 Å². The fourth-order valence-corrected chi connectivity index (χ4v) is 1.63. The van der Waals surface area contributed by atoms with Crippen LogP contribution in [-0.4, -0.2) is 49.4 Å². The Morgan fingerprint density at radius 1 is 1.50 bits per heavy atom. The molecule has 0 aromatic heterocycles. The van der Waals surface area contributed by atoms with Gasteiger partial charge in [0.1, 0.15) is 18.2 Å². The second-order valence-corrected chi connectivity index (χ2v) is 5.42. The molecule has 0 radical (unpaired) electrons. The Balaban J connectivity index is 2.63. The molecule has 0 saturated carbocycles. The molecule has 1 rings (SSSR count). The number of hydrogen-bond acceptors (Lipinski definition) is 6. The standard InChI is InChI=1S/C13H22N2O5/c1-6-8(15-12(17)20-13(2,3)4)10-14-9(7-19-10)11(16)18-5/h8-9H,6-7H2,1-5H3,(H,15,17)/t8-,9-/m0/s1. The number of carbonyl (C=O) groups is 2. The number of ether oxygens (including phenoxy) is 3. The quantitative estimate of drug-likeness (QED) is 0.786. The zero-order valence-electron chi connectivity index (χ0n) is 12.6. The van der Waals surface area contributed by atoms with Crippen LogP contribution in [0.5, 0.6) is 0 Å². The van der Waals surface area contributed by atoms with Crippen LogP contribution in [0.4, 0.5) is 4.79 Å². The lowest BCUT2D eigenvalue weighted by Gasteiger charge is -2.22. The summed E-state index contributed by atoms with van der Waals surface area (Å²) in [7, 11) is 1.30. The second kappa shape index (κ2) is 6.58. The Kier molecular flexibility index (Phi) is 5.35. The van der Waals surface area contributed by atoms with Gasteiger partial charge in [-0.25, -0.2) is 14.6 Å². The molecule has 0 aromatic carbocycles. The van der Waals surface area contributed by atoms with E-state index >= 15 is 0 Å². The second-order valence-electron chi connectivity index (χ2n) is 5.42. The lowest BCUT2D eigenvalue weighted by atomic mass is 10.2. The molecular weight excluding hydrogens is 264 g/mol. The van der Waals surface area contributed by atoms with Gasteiger partial charge in [-0.1, -0.05) is 6.92 Å². The molecule has 20 heavy (non-hydrogen) atoms. The van der Waals surface area contributed by atoms with Gasteiger partial charge in [-0.2, -0.15) is 0 Å². The minimum absolute atomic E-state index is 0.133. The van der Waals surface area contributed by atoms with Gasteiger partial charge in [0.25, 0.3) is 0 Å². The summed E-state index contributed by atoms with van der Waals surface area (Å²) in [5.74, 6) is -0.124. The third-order valence-electron chi connectivity index (χ3n) is 2.54. The zero-order chi connectivity index (χ0) is 15.3. The molecule has 0 saturated heterocycles. The van der Waals surface area contributed by atoms with Crippen molar-refractivity contribution in [3.05, 3.63) is 0 Å². The van der Waals surface area contributed by atoms with Gasteiger partial charge < -0.3 is 19.5 Å². The van der Waals surface area contributed by atoms with Crippen LogP contribution < -0.4 is 5.32 Å². The van der Waals surface area contributed by atoms with Gasteiger partial charge in [0, 0.05) is 0 Å². The third-order valence-corrected chi connectivity index (χ3v) is 2.54. The van der Waals surface area contributed by atoms with Gasteiger partial charge in [0.15, 0.2) is 6.04 Å². The molecule has 0 aliphatic carbocycles. The smallest absolute Gasteiger partial charge is 0.408 e. The first-order valence-corrected chi connectivity index (χ1v) is 6.54. The highest BCUT2D eigenvalue weighted by molar-refractivity contribution is 5.90. The van der Waals surface area contributed by atoms with Crippen molar-refractivity contribution in [2.24, 2.45) is 4.99 Å². The summed E-state index contributed by atoms with van der Waals surface area (Å²) in [6.45, 7) is 7.35. The molecule has 7 heteroatoms. The zero-order valence-corrected chi connectivity index (χ0v) is 12.6. The number of alkyl carbamates (subject to hydrolysis) is 1. The number of carbonyl (C=O) groups excluding carboxylic acids is 2. The number of nitrogens with one attached hydrogen (secondary N) is 1. The maximum absolute atomic E-state index is 11.7. The summed E-state index contributed by atoms with van der Waals surface area (Å²) in [5.41, 5.74) is -0.574. The van der Waals surface area contributed by atoms with E-state index in [-0.39, 0.29) is 6.61 Å². The first kappa shape index (κ1) is 16.3. The molecule has 0 aromatic rings. The number of aliphatic imine (C=N–C) groups is 1. The average molecular weight is 286 g/mol. The fraction of sp³-hybridized carbons (Fsp3) is 0.769. The van der Waals surface area contributed by atoms with Crippen LogP contribution in [0.25, 0.3) is 0 Å². The maximum Gasteiger partial charge on any atom is 0.408 e. The number of methoxy groups -OCH3 is 1. The Hall–Kier alpha value is -1.79. The third kappa shape index (κ3) is 4.71. The number of hydrogen-bond donors (Lipinski definition) is 1. The fourth-order valence-electron chi connectivity index (χ4n) is 1.63. The molecule has 1 amide bonds. The lowest BCUT2D eigenvalue weighted by Crippen LogP contribution is -2.43. The molecule has 114 valence electrons. The molecule has 1 heterocycles. The summed E-state index contributed by atoms with van der Waals surface area (Å²) in [6.07, 6.45) is 0.0311. The van der Waals surface area contributed by atoms with E-state index in [4.69, 9.17) is 9.47 Å². The average Bonchev–Trinajstić information content (AvgIpc) is 2.82. The predicted octanol–water partition coefficient (Wildman–Crippen LogP) is 1.26. The van der Waals surface area contributed by atoms with Gasteiger partial charge in [-0.3, -0.25) is 0 Å². The van der Waals surface area contributed by atoms with Crippen molar-refractivity contribution >= 4 is 18.0 Å². The summed E-state index contributed by atoms with van der Waals surface area (Å²) in [4.78, 5) is 27.2. The van der Waals surface area contributed by atoms with Crippen LogP contribution in [0.3, 0.4) is 0 Å². The number of rotatable bonds is 4. The van der Waals surface area contributed by atoms with E-state index in [1.165, 1.54) is 7.11 Å². The molecule has 1 aliphatic heterocycles. The van der Waals surface area contributed by atoms with Crippen LogP contribution in [0, 0.1) is 0 Å². The van der Waals surface area contributed by atoms with E-state index in [0.717, 1.165) is 0 Å². The molecule has 0 fully saturated rings. The van der Waals surface area contributed by atoms with Gasteiger partial charge in [0.2, 0.25) is 5.90 Å². The predicted molar refractivity (Wildman–Crippen MR) is 72.6 cm³/mol. The first-order chi connectivity index (χ1) is 9.26. The normalized spacial score (nSPS) is 19.6. The highest BCUT2D eigenvalue weighted by atomic mass is 16.6. The summed E-state index contributed by atoms with van der Waals surface area (Å²) >= 11 is 0. The highest BCUT2D eigenvalue weighted by Crippen LogP contribution is 2.12. The Labute approximate surface area is 118 Å². The Morgan fingerprint density at radius 3 is 2.65 bits per heavy atom. The molecule has 1 aliphatic rings. The van der Waals surface area contributed by atoms with Crippen LogP contribution in [0.2, 0.25) is 0 Å². The van der Waals surface area contributed by atoms with Gasteiger partial charge in [-0.15, -0.1) is 0 Å². The van der Waals surface area contributed by atoms with Crippen molar-refractivity contribution in [3.63, 3.8) is 0 Å². The van der Waals surface area contributed by atoms with E-state index < -0.39 is 29.7 Å². The molecule has 7 nitrogen and oxygen atoms in total. The minimum atomic E-state index is -0.663.